The van der Waals surface area contributed by atoms with Gasteiger partial charge in [0.2, 0.25) is 0 Å². The first-order valence-electron chi connectivity index (χ1n) is 8.21. The monoisotopic (exact) mass is 296 g/mol. The minimum atomic E-state index is 0.230. The van der Waals surface area contributed by atoms with Crippen LogP contribution in [0.4, 0.5) is 11.6 Å². The highest BCUT2D eigenvalue weighted by atomic mass is 15.2. The molecule has 4 heteroatoms. The van der Waals surface area contributed by atoms with Crippen molar-refractivity contribution in [3.63, 3.8) is 0 Å². The van der Waals surface area contributed by atoms with Crippen molar-refractivity contribution < 1.29 is 0 Å². The molecular formula is C18H24N4. The fourth-order valence-corrected chi connectivity index (χ4v) is 2.95. The van der Waals surface area contributed by atoms with E-state index in [9.17, 15) is 0 Å². The maximum Gasteiger partial charge on any atom is 0.134 e. The first kappa shape index (κ1) is 14.8. The Morgan fingerprint density at radius 1 is 1.00 bits per heavy atom. The van der Waals surface area contributed by atoms with Gasteiger partial charge in [0, 0.05) is 25.2 Å². The molecule has 1 unspecified atom stereocenters. The molecule has 2 aromatic rings. The number of nitrogens with zero attached hydrogens (tertiary/aromatic N) is 3. The van der Waals surface area contributed by atoms with E-state index in [-0.39, 0.29) is 6.04 Å². The third kappa shape index (κ3) is 3.75. The molecule has 1 saturated heterocycles. The molecule has 1 aliphatic heterocycles. The van der Waals surface area contributed by atoms with Crippen LogP contribution in [-0.2, 0) is 0 Å². The maximum absolute atomic E-state index is 4.46. The molecule has 3 rings (SSSR count). The van der Waals surface area contributed by atoms with E-state index in [1.807, 2.05) is 6.07 Å². The Morgan fingerprint density at radius 3 is 2.45 bits per heavy atom. The first-order valence-corrected chi connectivity index (χ1v) is 8.21. The van der Waals surface area contributed by atoms with Gasteiger partial charge < -0.3 is 10.2 Å². The van der Waals surface area contributed by atoms with Crippen LogP contribution < -0.4 is 10.2 Å². The van der Waals surface area contributed by atoms with Gasteiger partial charge >= 0.3 is 0 Å². The molecule has 22 heavy (non-hydrogen) atoms. The maximum atomic E-state index is 4.46. The molecule has 0 saturated carbocycles. The van der Waals surface area contributed by atoms with Crippen LogP contribution in [0.25, 0.3) is 0 Å². The van der Waals surface area contributed by atoms with Crippen molar-refractivity contribution in [2.75, 3.05) is 23.3 Å². The lowest BCUT2D eigenvalue weighted by Gasteiger charge is -2.22. The Hall–Kier alpha value is -2.10. The summed E-state index contributed by atoms with van der Waals surface area (Å²) < 4.78 is 0. The summed E-state index contributed by atoms with van der Waals surface area (Å²) in [5.74, 6) is 1.94. The van der Waals surface area contributed by atoms with E-state index in [4.69, 9.17) is 0 Å². The summed E-state index contributed by atoms with van der Waals surface area (Å²) in [5.41, 5.74) is 1.26. The second kappa shape index (κ2) is 7.25. The number of nitrogens with one attached hydrogen (secondary N) is 1. The highest BCUT2D eigenvalue weighted by molar-refractivity contribution is 5.49. The highest BCUT2D eigenvalue weighted by Crippen LogP contribution is 2.22. The quantitative estimate of drug-likeness (QED) is 0.925. The third-order valence-electron chi connectivity index (χ3n) is 4.25. The van der Waals surface area contributed by atoms with Crippen LogP contribution in [0.15, 0.2) is 42.7 Å². The van der Waals surface area contributed by atoms with Gasteiger partial charge in [0.05, 0.1) is 0 Å². The molecule has 1 fully saturated rings. The van der Waals surface area contributed by atoms with E-state index < -0.39 is 0 Å². The molecule has 1 aliphatic rings. The molecule has 1 aromatic heterocycles. The van der Waals surface area contributed by atoms with Crippen LogP contribution in [0.1, 0.15) is 44.2 Å². The fourth-order valence-electron chi connectivity index (χ4n) is 2.95. The second-order valence-corrected chi connectivity index (χ2v) is 5.94. The van der Waals surface area contributed by atoms with Crippen LogP contribution >= 0.6 is 0 Å². The van der Waals surface area contributed by atoms with Crippen LogP contribution in [0, 0.1) is 0 Å². The molecule has 4 nitrogen and oxygen atoms in total. The van der Waals surface area contributed by atoms with Crippen molar-refractivity contribution in [3.05, 3.63) is 48.3 Å². The van der Waals surface area contributed by atoms with Gasteiger partial charge in [0.1, 0.15) is 18.0 Å². The molecule has 1 aromatic carbocycles. The number of benzene rings is 1. The van der Waals surface area contributed by atoms with Crippen molar-refractivity contribution in [2.45, 2.75) is 38.6 Å². The molecule has 116 valence electrons. The summed E-state index contributed by atoms with van der Waals surface area (Å²) in [4.78, 5) is 11.2. The number of rotatable bonds is 4. The highest BCUT2D eigenvalue weighted by Gasteiger charge is 2.12. The van der Waals surface area contributed by atoms with Crippen LogP contribution in [0.2, 0.25) is 0 Å². The van der Waals surface area contributed by atoms with E-state index in [0.29, 0.717) is 0 Å². The Kier molecular flexibility index (Phi) is 4.88. The number of hydrogen-bond acceptors (Lipinski definition) is 4. The summed E-state index contributed by atoms with van der Waals surface area (Å²) in [6.07, 6.45) is 6.84. The first-order chi connectivity index (χ1) is 10.8. The van der Waals surface area contributed by atoms with Gasteiger partial charge in [-0.15, -0.1) is 0 Å². The van der Waals surface area contributed by atoms with Gasteiger partial charge in [0.15, 0.2) is 0 Å². The topological polar surface area (TPSA) is 41.0 Å². The van der Waals surface area contributed by atoms with Crippen molar-refractivity contribution in [2.24, 2.45) is 0 Å². The Bertz CT molecular complexity index is 577. The van der Waals surface area contributed by atoms with Gasteiger partial charge in [0.25, 0.3) is 0 Å². The van der Waals surface area contributed by atoms with Gasteiger partial charge in [-0.2, -0.15) is 0 Å². The number of aromatic nitrogens is 2. The molecule has 0 aliphatic carbocycles. The lowest BCUT2D eigenvalue weighted by molar-refractivity contribution is 0.726. The zero-order chi connectivity index (χ0) is 15.2. The summed E-state index contributed by atoms with van der Waals surface area (Å²) in [6.45, 7) is 4.36. The molecule has 0 amide bonds. The van der Waals surface area contributed by atoms with Gasteiger partial charge in [-0.3, -0.25) is 0 Å². The fraction of sp³-hybridized carbons (Fsp3) is 0.444. The molecule has 1 N–H and O–H groups in total. The Morgan fingerprint density at radius 2 is 1.73 bits per heavy atom. The molecule has 0 radical (unpaired) electrons. The van der Waals surface area contributed by atoms with Crippen molar-refractivity contribution >= 4 is 11.6 Å². The zero-order valence-corrected chi connectivity index (χ0v) is 13.2. The molecular weight excluding hydrogens is 272 g/mol. The van der Waals surface area contributed by atoms with Crippen molar-refractivity contribution in [1.82, 2.24) is 9.97 Å². The van der Waals surface area contributed by atoms with E-state index in [1.54, 1.807) is 6.33 Å². The van der Waals surface area contributed by atoms with Crippen molar-refractivity contribution in [1.29, 1.82) is 0 Å². The summed E-state index contributed by atoms with van der Waals surface area (Å²) in [6, 6.07) is 12.7. The number of anilines is 2. The predicted molar refractivity (Wildman–Crippen MR) is 91.2 cm³/mol. The molecule has 2 heterocycles. The van der Waals surface area contributed by atoms with Gasteiger partial charge in [-0.1, -0.05) is 43.2 Å². The number of hydrogen-bond donors (Lipinski definition) is 1. The smallest absolute Gasteiger partial charge is 0.134 e. The lowest BCUT2D eigenvalue weighted by atomic mass is 10.1. The van der Waals surface area contributed by atoms with Crippen LogP contribution in [0.3, 0.4) is 0 Å². The second-order valence-electron chi connectivity index (χ2n) is 5.94. The average Bonchev–Trinajstić information content (AvgIpc) is 2.85. The van der Waals surface area contributed by atoms with Gasteiger partial charge in [-0.25, -0.2) is 9.97 Å². The zero-order valence-electron chi connectivity index (χ0n) is 13.2. The third-order valence-corrected chi connectivity index (χ3v) is 4.25. The SMILES string of the molecule is CC(Nc1cc(N2CCCCCC2)ncn1)c1ccccc1. The van der Waals surface area contributed by atoms with Crippen molar-refractivity contribution in [3.8, 4) is 0 Å². The average molecular weight is 296 g/mol. The summed E-state index contributed by atoms with van der Waals surface area (Å²) in [7, 11) is 0. The normalized spacial score (nSPS) is 16.9. The lowest BCUT2D eigenvalue weighted by Crippen LogP contribution is -2.25. The molecule has 0 bridgehead atoms. The summed E-state index contributed by atoms with van der Waals surface area (Å²) >= 11 is 0. The van der Waals surface area contributed by atoms with E-state index in [0.717, 1.165) is 24.7 Å². The van der Waals surface area contributed by atoms with Crippen LogP contribution in [-0.4, -0.2) is 23.1 Å². The summed E-state index contributed by atoms with van der Waals surface area (Å²) in [5, 5.41) is 3.48. The predicted octanol–water partition coefficient (Wildman–Crippen LogP) is 4.03. The largest absolute Gasteiger partial charge is 0.363 e. The molecule has 1 atom stereocenters. The Balaban J connectivity index is 1.70. The Labute approximate surface area is 132 Å². The minimum absolute atomic E-state index is 0.230. The standard InChI is InChI=1S/C18H24N4/c1-15(16-9-5-4-6-10-16)21-17-13-18(20-14-19-17)22-11-7-2-3-8-12-22/h4-6,9-10,13-15H,2-3,7-8,11-12H2,1H3,(H,19,20,21). The van der Waals surface area contributed by atoms with Crippen LogP contribution in [0.5, 0.6) is 0 Å². The van der Waals surface area contributed by atoms with E-state index in [2.05, 4.69) is 57.4 Å². The molecule has 0 spiro atoms. The van der Waals surface area contributed by atoms with E-state index in [1.165, 1.54) is 31.2 Å². The van der Waals surface area contributed by atoms with E-state index >= 15 is 0 Å². The van der Waals surface area contributed by atoms with Gasteiger partial charge in [-0.05, 0) is 25.3 Å². The minimum Gasteiger partial charge on any atom is -0.363 e.